The van der Waals surface area contributed by atoms with Gasteiger partial charge in [0, 0.05) is 23.3 Å². The summed E-state index contributed by atoms with van der Waals surface area (Å²) in [5, 5.41) is 4.06. The van der Waals surface area contributed by atoms with Gasteiger partial charge >= 0.3 is 0 Å². The second kappa shape index (κ2) is 4.96. The molecule has 94 valence electrons. The van der Waals surface area contributed by atoms with Gasteiger partial charge in [-0.05, 0) is 55.4 Å². The lowest BCUT2D eigenvalue weighted by Crippen LogP contribution is -2.57. The third-order valence-electron chi connectivity index (χ3n) is 4.27. The summed E-state index contributed by atoms with van der Waals surface area (Å²) in [5.41, 5.74) is 9.99. The Hall–Kier alpha value is -1.58. The molecule has 18 heavy (non-hydrogen) atoms. The van der Waals surface area contributed by atoms with E-state index in [1.54, 1.807) is 6.20 Å². The Kier molecular flexibility index (Phi) is 3.17. The first-order valence-electron chi connectivity index (χ1n) is 6.55. The first kappa shape index (κ1) is 11.5. The molecule has 4 heterocycles. The van der Waals surface area contributed by atoms with E-state index in [1.165, 1.54) is 18.4 Å². The fourth-order valence-corrected chi connectivity index (χ4v) is 3.36. The van der Waals surface area contributed by atoms with Gasteiger partial charge in [-0.15, -0.1) is 0 Å². The highest BCUT2D eigenvalue weighted by atomic mass is 15.3. The predicted molar refractivity (Wildman–Crippen MR) is 69.0 cm³/mol. The highest BCUT2D eigenvalue weighted by Crippen LogP contribution is 2.35. The van der Waals surface area contributed by atoms with Gasteiger partial charge in [-0.25, -0.2) is 0 Å². The van der Waals surface area contributed by atoms with E-state index >= 15 is 0 Å². The molecule has 5 heteroatoms. The Bertz CT molecular complexity index is 446. The minimum absolute atomic E-state index is 0.137. The van der Waals surface area contributed by atoms with Crippen LogP contribution in [-0.2, 0) is 6.42 Å². The van der Waals surface area contributed by atoms with Crippen LogP contribution < -0.4 is 0 Å². The standard InChI is InChI=1S/C13H17N5/c14-17-16-13-11-3-6-18(7-4-11)12(13)8-10-2-1-5-15-9-10/h1-2,5,9,11-13H,3-4,6-8H2. The van der Waals surface area contributed by atoms with Crippen molar-refractivity contribution < 1.29 is 0 Å². The molecule has 0 amide bonds. The Morgan fingerprint density at radius 1 is 1.44 bits per heavy atom. The van der Waals surface area contributed by atoms with Crippen LogP contribution in [0.15, 0.2) is 29.6 Å². The van der Waals surface area contributed by atoms with Crippen LogP contribution in [-0.4, -0.2) is 35.1 Å². The number of hydrogen-bond acceptors (Lipinski definition) is 3. The normalized spacial score (nSPS) is 34.0. The Morgan fingerprint density at radius 2 is 2.28 bits per heavy atom. The summed E-state index contributed by atoms with van der Waals surface area (Å²) in [4.78, 5) is 9.69. The maximum Gasteiger partial charge on any atom is 0.0562 e. The molecule has 2 bridgehead atoms. The summed E-state index contributed by atoms with van der Waals surface area (Å²) in [6, 6.07) is 4.56. The van der Waals surface area contributed by atoms with Crippen LogP contribution in [0.2, 0.25) is 0 Å². The van der Waals surface area contributed by atoms with E-state index in [2.05, 4.69) is 26.0 Å². The van der Waals surface area contributed by atoms with E-state index in [1.807, 2.05) is 12.3 Å². The predicted octanol–water partition coefficient (Wildman–Crippen LogP) is 2.40. The molecule has 4 rings (SSSR count). The van der Waals surface area contributed by atoms with Crippen LogP contribution in [0.25, 0.3) is 10.4 Å². The van der Waals surface area contributed by atoms with E-state index in [4.69, 9.17) is 5.53 Å². The SMILES string of the molecule is [N-]=[N+]=NC1C2CCN(CC2)C1Cc1cccnc1. The van der Waals surface area contributed by atoms with E-state index in [-0.39, 0.29) is 6.04 Å². The topological polar surface area (TPSA) is 64.9 Å². The van der Waals surface area contributed by atoms with Crippen molar-refractivity contribution in [2.75, 3.05) is 13.1 Å². The molecule has 3 saturated heterocycles. The molecule has 1 aromatic rings. The highest BCUT2D eigenvalue weighted by molar-refractivity contribution is 5.13. The summed E-state index contributed by atoms with van der Waals surface area (Å²) in [6.45, 7) is 2.29. The van der Waals surface area contributed by atoms with Crippen molar-refractivity contribution in [2.24, 2.45) is 11.0 Å². The molecular weight excluding hydrogens is 226 g/mol. The third-order valence-corrected chi connectivity index (χ3v) is 4.27. The number of aromatic nitrogens is 1. The first-order valence-corrected chi connectivity index (χ1v) is 6.55. The maximum absolute atomic E-state index is 8.76. The van der Waals surface area contributed by atoms with Crippen LogP contribution >= 0.6 is 0 Å². The lowest BCUT2D eigenvalue weighted by Gasteiger charge is -2.49. The lowest BCUT2D eigenvalue weighted by molar-refractivity contribution is 0.0289. The lowest BCUT2D eigenvalue weighted by atomic mass is 9.77. The smallest absolute Gasteiger partial charge is 0.0562 e. The van der Waals surface area contributed by atoms with Crippen LogP contribution in [0, 0.1) is 5.92 Å². The van der Waals surface area contributed by atoms with Gasteiger partial charge in [0.05, 0.1) is 6.04 Å². The molecule has 0 aromatic carbocycles. The summed E-state index contributed by atoms with van der Waals surface area (Å²) in [7, 11) is 0. The van der Waals surface area contributed by atoms with Crippen molar-refractivity contribution in [3.63, 3.8) is 0 Å². The number of pyridine rings is 1. The van der Waals surface area contributed by atoms with E-state index in [9.17, 15) is 0 Å². The van der Waals surface area contributed by atoms with Crippen LogP contribution in [0.4, 0.5) is 0 Å². The van der Waals surface area contributed by atoms with E-state index < -0.39 is 0 Å². The molecule has 3 aliphatic heterocycles. The molecule has 3 fully saturated rings. The van der Waals surface area contributed by atoms with Crippen molar-refractivity contribution in [1.82, 2.24) is 9.88 Å². The summed E-state index contributed by atoms with van der Waals surface area (Å²) in [5.74, 6) is 0.576. The number of piperidine rings is 3. The van der Waals surface area contributed by atoms with Crippen molar-refractivity contribution in [3.8, 4) is 0 Å². The number of hydrogen-bond donors (Lipinski definition) is 0. The fraction of sp³-hybridized carbons (Fsp3) is 0.615. The van der Waals surface area contributed by atoms with Crippen LogP contribution in [0.1, 0.15) is 18.4 Å². The molecule has 0 N–H and O–H groups in total. The number of azide groups is 1. The highest BCUT2D eigenvalue weighted by Gasteiger charge is 2.41. The Balaban J connectivity index is 1.82. The second-order valence-electron chi connectivity index (χ2n) is 5.20. The largest absolute Gasteiger partial charge is 0.300 e. The monoisotopic (exact) mass is 243 g/mol. The average molecular weight is 243 g/mol. The average Bonchev–Trinajstić information content (AvgIpc) is 2.44. The Labute approximate surface area is 106 Å². The molecule has 2 atom stereocenters. The minimum atomic E-state index is 0.137. The van der Waals surface area contributed by atoms with Crippen molar-refractivity contribution in [1.29, 1.82) is 0 Å². The molecule has 2 unspecified atom stereocenters. The summed E-state index contributed by atoms with van der Waals surface area (Å²) in [6.07, 6.45) is 6.99. The summed E-state index contributed by atoms with van der Waals surface area (Å²) >= 11 is 0. The number of rotatable bonds is 3. The zero-order chi connectivity index (χ0) is 12.4. The fourth-order valence-electron chi connectivity index (χ4n) is 3.36. The van der Waals surface area contributed by atoms with Gasteiger partial charge in [-0.3, -0.25) is 9.88 Å². The van der Waals surface area contributed by atoms with Gasteiger partial charge in [-0.1, -0.05) is 11.2 Å². The number of nitrogens with zero attached hydrogens (tertiary/aromatic N) is 5. The zero-order valence-corrected chi connectivity index (χ0v) is 10.3. The van der Waals surface area contributed by atoms with Gasteiger partial charge in [0.25, 0.3) is 0 Å². The van der Waals surface area contributed by atoms with Gasteiger partial charge in [0.1, 0.15) is 0 Å². The molecule has 0 spiro atoms. The molecular formula is C13H17N5. The Morgan fingerprint density at radius 3 is 2.94 bits per heavy atom. The molecule has 0 saturated carbocycles. The van der Waals surface area contributed by atoms with Gasteiger partial charge in [-0.2, -0.15) is 0 Å². The van der Waals surface area contributed by atoms with E-state index in [0.29, 0.717) is 12.0 Å². The summed E-state index contributed by atoms with van der Waals surface area (Å²) < 4.78 is 0. The molecule has 3 aliphatic rings. The van der Waals surface area contributed by atoms with Crippen LogP contribution in [0.3, 0.4) is 0 Å². The van der Waals surface area contributed by atoms with Crippen molar-refractivity contribution in [2.45, 2.75) is 31.3 Å². The maximum atomic E-state index is 8.76. The molecule has 0 radical (unpaired) electrons. The molecule has 5 nitrogen and oxygen atoms in total. The number of fused-ring (bicyclic) bond motifs is 3. The van der Waals surface area contributed by atoms with Gasteiger partial charge in [0.2, 0.25) is 0 Å². The molecule has 1 aromatic heterocycles. The molecule has 0 aliphatic carbocycles. The van der Waals surface area contributed by atoms with Crippen molar-refractivity contribution >= 4 is 0 Å². The minimum Gasteiger partial charge on any atom is -0.300 e. The zero-order valence-electron chi connectivity index (χ0n) is 10.3. The first-order chi connectivity index (χ1) is 8.88. The second-order valence-corrected chi connectivity index (χ2v) is 5.20. The van der Waals surface area contributed by atoms with Gasteiger partial charge < -0.3 is 0 Å². The van der Waals surface area contributed by atoms with Gasteiger partial charge in [0.15, 0.2) is 0 Å². The van der Waals surface area contributed by atoms with Crippen LogP contribution in [0.5, 0.6) is 0 Å². The van der Waals surface area contributed by atoms with E-state index in [0.717, 1.165) is 19.5 Å². The third kappa shape index (κ3) is 2.07. The van der Waals surface area contributed by atoms with Crippen molar-refractivity contribution in [3.05, 3.63) is 40.5 Å². The quantitative estimate of drug-likeness (QED) is 0.465.